The quantitative estimate of drug-likeness (QED) is 0.0307. The molecular formula is C42H44ClF3O10S. The lowest BCUT2D eigenvalue weighted by Crippen LogP contribution is -2.43. The SMILES string of the molecule is CCC(C)(CC(Cl)(CC(C)c1ccc(S(=O)(=O)OC(C(=O)c2ccccc2)C(F)(F)F)cc1)C(=O)Oc1ccc(O)cc1)c1ccc(OC(=O)OC(C)(C)C)cc1. The van der Waals surface area contributed by atoms with Crippen LogP contribution in [0.1, 0.15) is 88.2 Å². The van der Waals surface area contributed by atoms with E-state index in [1.54, 1.807) is 52.0 Å². The number of esters is 1. The Morgan fingerprint density at radius 1 is 0.789 bits per heavy atom. The molecular weight excluding hydrogens is 789 g/mol. The fraction of sp³-hybridized carbons (Fsp3) is 0.357. The van der Waals surface area contributed by atoms with E-state index in [9.17, 15) is 41.1 Å². The predicted octanol–water partition coefficient (Wildman–Crippen LogP) is 10.1. The van der Waals surface area contributed by atoms with Gasteiger partial charge in [-0.25, -0.2) is 13.8 Å². The van der Waals surface area contributed by atoms with Crippen LogP contribution in [0, 0.1) is 0 Å². The van der Waals surface area contributed by atoms with Crippen LogP contribution in [0.25, 0.3) is 0 Å². The molecule has 0 heterocycles. The van der Waals surface area contributed by atoms with E-state index in [2.05, 4.69) is 4.18 Å². The number of hydrogen-bond acceptors (Lipinski definition) is 10. The molecule has 4 aromatic rings. The molecule has 57 heavy (non-hydrogen) atoms. The molecule has 0 bridgehead atoms. The maximum atomic E-state index is 14.0. The third-order valence-corrected chi connectivity index (χ3v) is 10.9. The Balaban J connectivity index is 1.60. The van der Waals surface area contributed by atoms with Crippen molar-refractivity contribution < 1.29 is 59.5 Å². The van der Waals surface area contributed by atoms with Crippen LogP contribution in [-0.4, -0.2) is 54.2 Å². The van der Waals surface area contributed by atoms with Crippen molar-refractivity contribution in [1.29, 1.82) is 0 Å². The van der Waals surface area contributed by atoms with E-state index in [4.69, 9.17) is 25.8 Å². The number of halogens is 4. The van der Waals surface area contributed by atoms with Crippen LogP contribution in [0.4, 0.5) is 18.0 Å². The van der Waals surface area contributed by atoms with Crippen molar-refractivity contribution in [2.24, 2.45) is 0 Å². The molecule has 10 nitrogen and oxygen atoms in total. The number of carbonyl (C=O) groups excluding carboxylic acids is 3. The Morgan fingerprint density at radius 2 is 1.33 bits per heavy atom. The van der Waals surface area contributed by atoms with E-state index in [0.717, 1.165) is 29.8 Å². The summed E-state index contributed by atoms with van der Waals surface area (Å²) in [4.78, 5) is 36.6. The summed E-state index contributed by atoms with van der Waals surface area (Å²) in [6.07, 6.45) is -9.02. The Bertz CT molecular complexity index is 2120. The molecule has 0 spiro atoms. The normalized spacial score (nSPS) is 15.3. The maximum Gasteiger partial charge on any atom is 0.514 e. The number of benzene rings is 4. The molecule has 4 rings (SSSR count). The molecule has 0 aliphatic rings. The zero-order chi connectivity index (χ0) is 42.4. The second kappa shape index (κ2) is 17.7. The molecule has 4 unspecified atom stereocenters. The summed E-state index contributed by atoms with van der Waals surface area (Å²) >= 11 is 7.31. The number of ether oxygens (including phenoxy) is 3. The van der Waals surface area contributed by atoms with Crippen LogP contribution < -0.4 is 9.47 Å². The largest absolute Gasteiger partial charge is 0.514 e. The zero-order valence-electron chi connectivity index (χ0n) is 32.1. The van der Waals surface area contributed by atoms with Gasteiger partial charge in [-0.2, -0.15) is 21.6 Å². The van der Waals surface area contributed by atoms with Gasteiger partial charge < -0.3 is 19.3 Å². The third-order valence-electron chi connectivity index (χ3n) is 9.19. The molecule has 0 saturated carbocycles. The van der Waals surface area contributed by atoms with Gasteiger partial charge in [0.2, 0.25) is 11.9 Å². The van der Waals surface area contributed by atoms with Gasteiger partial charge in [-0.1, -0.05) is 75.4 Å². The number of rotatable bonds is 15. The van der Waals surface area contributed by atoms with E-state index in [0.29, 0.717) is 12.0 Å². The van der Waals surface area contributed by atoms with Gasteiger partial charge in [0.15, 0.2) is 0 Å². The lowest BCUT2D eigenvalue weighted by Gasteiger charge is -2.38. The minimum atomic E-state index is -5.34. The molecule has 0 saturated heterocycles. The first-order valence-corrected chi connectivity index (χ1v) is 19.6. The molecule has 0 aromatic heterocycles. The van der Waals surface area contributed by atoms with Crippen LogP contribution in [0.3, 0.4) is 0 Å². The minimum Gasteiger partial charge on any atom is -0.508 e. The summed E-state index contributed by atoms with van der Waals surface area (Å²) in [5.41, 5.74) is -0.663. The van der Waals surface area contributed by atoms with Crippen molar-refractivity contribution >= 4 is 39.6 Å². The first kappa shape index (κ1) is 44.8. The molecule has 15 heteroatoms. The van der Waals surface area contributed by atoms with E-state index in [-0.39, 0.29) is 35.7 Å². The van der Waals surface area contributed by atoms with Gasteiger partial charge in [0, 0.05) is 5.56 Å². The van der Waals surface area contributed by atoms with Crippen molar-refractivity contribution in [1.82, 2.24) is 0 Å². The number of carbonyl (C=O) groups is 3. The van der Waals surface area contributed by atoms with E-state index in [1.807, 2.05) is 13.8 Å². The molecule has 306 valence electrons. The molecule has 0 aliphatic heterocycles. The van der Waals surface area contributed by atoms with Crippen LogP contribution in [0.15, 0.2) is 108 Å². The van der Waals surface area contributed by atoms with Gasteiger partial charge in [-0.05, 0) is 111 Å². The number of phenolic OH excluding ortho intramolecular Hbond substituents is 1. The zero-order valence-corrected chi connectivity index (χ0v) is 33.7. The fourth-order valence-corrected chi connectivity index (χ4v) is 7.63. The molecule has 1 N–H and O–H groups in total. The monoisotopic (exact) mass is 832 g/mol. The van der Waals surface area contributed by atoms with Gasteiger partial charge in [0.1, 0.15) is 27.7 Å². The minimum absolute atomic E-state index is 0.0279. The lowest BCUT2D eigenvalue weighted by molar-refractivity contribution is -0.178. The highest BCUT2D eigenvalue weighted by atomic mass is 35.5. The Morgan fingerprint density at radius 3 is 1.86 bits per heavy atom. The fourth-order valence-electron chi connectivity index (χ4n) is 6.03. The maximum absolute atomic E-state index is 14.0. The Hall–Kier alpha value is -4.92. The van der Waals surface area contributed by atoms with Crippen molar-refractivity contribution in [3.05, 3.63) is 120 Å². The van der Waals surface area contributed by atoms with Crippen molar-refractivity contribution in [2.45, 2.75) is 99.8 Å². The second-order valence-electron chi connectivity index (χ2n) is 14.9. The number of alkyl halides is 4. The van der Waals surface area contributed by atoms with Crippen molar-refractivity contribution in [2.75, 3.05) is 0 Å². The highest BCUT2D eigenvalue weighted by molar-refractivity contribution is 7.86. The average molecular weight is 833 g/mol. The van der Waals surface area contributed by atoms with Crippen molar-refractivity contribution in [3.8, 4) is 17.2 Å². The predicted molar refractivity (Wildman–Crippen MR) is 206 cm³/mol. The molecule has 0 radical (unpaired) electrons. The number of hydrogen-bond donors (Lipinski definition) is 1. The highest BCUT2D eigenvalue weighted by Gasteiger charge is 2.49. The summed E-state index contributed by atoms with van der Waals surface area (Å²) in [6.45, 7) is 10.7. The lowest BCUT2D eigenvalue weighted by atomic mass is 9.71. The number of aromatic hydroxyl groups is 1. The summed E-state index contributed by atoms with van der Waals surface area (Å²) in [5, 5.41) is 9.73. The van der Waals surface area contributed by atoms with Gasteiger partial charge in [-0.3, -0.25) is 4.79 Å². The Kier molecular flexibility index (Phi) is 13.9. The van der Waals surface area contributed by atoms with E-state index in [1.165, 1.54) is 54.6 Å². The molecule has 0 aliphatic carbocycles. The first-order valence-electron chi connectivity index (χ1n) is 17.9. The molecule has 4 aromatic carbocycles. The topological polar surface area (TPSA) is 142 Å². The molecule has 4 atom stereocenters. The first-order chi connectivity index (χ1) is 26.4. The number of Topliss-reactive ketones (excluding diaryl/α,β-unsaturated/α-hetero) is 1. The molecule has 0 fully saturated rings. The highest BCUT2D eigenvalue weighted by Crippen LogP contribution is 2.44. The van der Waals surface area contributed by atoms with Gasteiger partial charge >= 0.3 is 18.3 Å². The summed E-state index contributed by atoms with van der Waals surface area (Å²) < 4.78 is 88.6. The van der Waals surface area contributed by atoms with E-state index >= 15 is 0 Å². The van der Waals surface area contributed by atoms with Crippen LogP contribution in [-0.2, 0) is 29.2 Å². The van der Waals surface area contributed by atoms with Gasteiger partial charge in [0.05, 0.1) is 4.90 Å². The van der Waals surface area contributed by atoms with Crippen LogP contribution in [0.5, 0.6) is 17.2 Å². The Labute approximate surface area is 335 Å². The number of phenols is 1. The smallest absolute Gasteiger partial charge is 0.508 e. The summed E-state index contributed by atoms with van der Waals surface area (Å²) in [5.74, 6) is -2.63. The van der Waals surface area contributed by atoms with E-state index < -0.39 is 67.0 Å². The van der Waals surface area contributed by atoms with Gasteiger partial charge in [0.25, 0.3) is 10.1 Å². The second-order valence-corrected chi connectivity index (χ2v) is 17.2. The summed E-state index contributed by atoms with van der Waals surface area (Å²) in [6, 6.07) is 23.3. The van der Waals surface area contributed by atoms with Gasteiger partial charge in [-0.15, -0.1) is 11.6 Å². The van der Waals surface area contributed by atoms with Crippen LogP contribution in [0.2, 0.25) is 0 Å². The average Bonchev–Trinajstić information content (AvgIpc) is 3.13. The summed E-state index contributed by atoms with van der Waals surface area (Å²) in [7, 11) is -5.09. The van der Waals surface area contributed by atoms with Crippen LogP contribution >= 0.6 is 11.6 Å². The number of ketones is 1. The van der Waals surface area contributed by atoms with Crippen molar-refractivity contribution in [3.63, 3.8) is 0 Å². The third kappa shape index (κ3) is 12.0. The standard InChI is InChI=1S/C42H44ClF3O10S/c1-7-40(6,30-15-19-33(20-16-30)54-38(50)55-39(3,4)5)26-41(43,37(49)53-32-21-17-31(47)18-22-32)25-27(2)28-13-23-34(24-14-28)57(51,52)56-36(42(44,45)46)35(48)29-11-9-8-10-12-29/h8-24,27,36,47H,7,25-26H2,1-6H3. The molecule has 0 amide bonds.